The number of hydrogen-bond donors (Lipinski definition) is 1. The van der Waals surface area contributed by atoms with E-state index >= 15 is 0 Å². The van der Waals surface area contributed by atoms with Gasteiger partial charge in [0.05, 0.1) is 31.8 Å². The number of ether oxygens (including phenoxy) is 1. The highest BCUT2D eigenvalue weighted by Gasteiger charge is 2.21. The number of benzene rings is 2. The lowest BCUT2D eigenvalue weighted by Gasteiger charge is -2.19. The summed E-state index contributed by atoms with van der Waals surface area (Å²) >= 11 is 6.28. The van der Waals surface area contributed by atoms with Gasteiger partial charge in [-0.3, -0.25) is 14.3 Å². The number of carbonyl (C=O) groups excluding carboxylic acids is 2. The summed E-state index contributed by atoms with van der Waals surface area (Å²) in [5, 5.41) is 7.84. The zero-order valence-electron chi connectivity index (χ0n) is 17.2. The van der Waals surface area contributed by atoms with Crippen LogP contribution in [-0.2, 0) is 16.1 Å². The van der Waals surface area contributed by atoms with E-state index in [2.05, 4.69) is 10.4 Å². The van der Waals surface area contributed by atoms with E-state index in [1.165, 1.54) is 7.11 Å². The molecule has 0 saturated carbocycles. The number of aryl methyl sites for hydroxylation is 2. The van der Waals surface area contributed by atoms with Gasteiger partial charge in [-0.2, -0.15) is 5.10 Å². The first-order valence-electron chi connectivity index (χ1n) is 9.59. The smallest absolute Gasteiger partial charge is 0.307 e. The summed E-state index contributed by atoms with van der Waals surface area (Å²) in [4.78, 5) is 24.7. The maximum absolute atomic E-state index is 12.8. The van der Waals surface area contributed by atoms with Gasteiger partial charge in [-0.1, -0.05) is 41.9 Å². The molecule has 0 fully saturated rings. The third-order valence-corrected chi connectivity index (χ3v) is 5.18. The zero-order valence-corrected chi connectivity index (χ0v) is 17.9. The Morgan fingerprint density at radius 3 is 2.43 bits per heavy atom. The fourth-order valence-electron chi connectivity index (χ4n) is 3.26. The van der Waals surface area contributed by atoms with Crippen molar-refractivity contribution in [1.82, 2.24) is 15.1 Å². The lowest BCUT2D eigenvalue weighted by Crippen LogP contribution is -2.30. The molecule has 1 atom stereocenters. The normalized spacial score (nSPS) is 11.7. The number of esters is 1. The average molecular weight is 426 g/mol. The van der Waals surface area contributed by atoms with E-state index in [9.17, 15) is 9.59 Å². The highest BCUT2D eigenvalue weighted by Crippen LogP contribution is 2.26. The summed E-state index contributed by atoms with van der Waals surface area (Å²) in [6.07, 6.45) is -0.0119. The van der Waals surface area contributed by atoms with Crippen molar-refractivity contribution in [2.45, 2.75) is 32.9 Å². The number of amides is 1. The van der Waals surface area contributed by atoms with Gasteiger partial charge in [0, 0.05) is 16.3 Å². The standard InChI is InChI=1S/C23H24ClN3O3/c1-15-12-16(2)27(26-15)14-17-8-10-18(11-9-17)23(29)25-21(13-22(28)30-3)19-6-4-5-7-20(19)24/h4-12,21H,13-14H2,1-3H3,(H,25,29). The van der Waals surface area contributed by atoms with Crippen LogP contribution >= 0.6 is 11.6 Å². The fraction of sp³-hybridized carbons (Fsp3) is 0.261. The molecule has 0 aliphatic heterocycles. The number of hydrogen-bond acceptors (Lipinski definition) is 4. The van der Waals surface area contributed by atoms with Crippen molar-refractivity contribution in [3.63, 3.8) is 0 Å². The highest BCUT2D eigenvalue weighted by molar-refractivity contribution is 6.31. The molecule has 7 heteroatoms. The molecule has 30 heavy (non-hydrogen) atoms. The Bertz CT molecular complexity index is 1040. The topological polar surface area (TPSA) is 73.2 Å². The molecule has 1 unspecified atom stereocenters. The molecule has 3 rings (SSSR count). The minimum absolute atomic E-state index is 0.0119. The summed E-state index contributed by atoms with van der Waals surface area (Å²) in [6, 6.07) is 15.9. The summed E-state index contributed by atoms with van der Waals surface area (Å²) in [5.41, 5.74) is 4.25. The lowest BCUT2D eigenvalue weighted by molar-refractivity contribution is -0.141. The Hall–Kier alpha value is -3.12. The van der Waals surface area contributed by atoms with Crippen LogP contribution in [-0.4, -0.2) is 28.8 Å². The van der Waals surface area contributed by atoms with Gasteiger partial charge in [-0.25, -0.2) is 0 Å². The Morgan fingerprint density at radius 1 is 1.13 bits per heavy atom. The molecule has 0 spiro atoms. The Kier molecular flexibility index (Phi) is 6.90. The minimum atomic E-state index is -0.590. The zero-order chi connectivity index (χ0) is 21.7. The second-order valence-electron chi connectivity index (χ2n) is 7.11. The van der Waals surface area contributed by atoms with E-state index in [4.69, 9.17) is 16.3 Å². The van der Waals surface area contributed by atoms with Crippen LogP contribution in [0, 0.1) is 13.8 Å². The number of methoxy groups -OCH3 is 1. The largest absolute Gasteiger partial charge is 0.469 e. The number of halogens is 1. The van der Waals surface area contributed by atoms with E-state index in [-0.39, 0.29) is 12.3 Å². The molecule has 1 aromatic heterocycles. The van der Waals surface area contributed by atoms with Crippen LogP contribution in [0.3, 0.4) is 0 Å². The van der Waals surface area contributed by atoms with Crippen LogP contribution in [0.25, 0.3) is 0 Å². The van der Waals surface area contributed by atoms with Crippen LogP contribution in [0.1, 0.15) is 45.3 Å². The monoisotopic (exact) mass is 425 g/mol. The molecule has 156 valence electrons. The molecule has 0 aliphatic carbocycles. The molecule has 6 nitrogen and oxygen atoms in total. The third-order valence-electron chi connectivity index (χ3n) is 4.84. The van der Waals surface area contributed by atoms with Crippen LogP contribution in [0.5, 0.6) is 0 Å². The molecule has 1 heterocycles. The summed E-state index contributed by atoms with van der Waals surface area (Å²) < 4.78 is 6.70. The SMILES string of the molecule is COC(=O)CC(NC(=O)c1ccc(Cn2nc(C)cc2C)cc1)c1ccccc1Cl. The van der Waals surface area contributed by atoms with Gasteiger partial charge in [0.1, 0.15) is 0 Å². The fourth-order valence-corrected chi connectivity index (χ4v) is 3.52. The first-order valence-corrected chi connectivity index (χ1v) is 9.97. The quantitative estimate of drug-likeness (QED) is 0.575. The average Bonchev–Trinajstić information content (AvgIpc) is 3.04. The van der Waals surface area contributed by atoms with Crippen molar-refractivity contribution in [2.75, 3.05) is 7.11 Å². The lowest BCUT2D eigenvalue weighted by atomic mass is 10.0. The van der Waals surface area contributed by atoms with Gasteiger partial charge in [0.25, 0.3) is 5.91 Å². The molecular formula is C23H24ClN3O3. The summed E-state index contributed by atoms with van der Waals surface area (Å²) in [5.74, 6) is -0.720. The van der Waals surface area contributed by atoms with Crippen molar-refractivity contribution in [3.05, 3.63) is 87.7 Å². The van der Waals surface area contributed by atoms with Crippen molar-refractivity contribution in [3.8, 4) is 0 Å². The van der Waals surface area contributed by atoms with E-state index in [0.29, 0.717) is 22.7 Å². The molecule has 0 saturated heterocycles. The van der Waals surface area contributed by atoms with Crippen LogP contribution < -0.4 is 5.32 Å². The van der Waals surface area contributed by atoms with Gasteiger partial charge >= 0.3 is 5.97 Å². The summed E-state index contributed by atoms with van der Waals surface area (Å²) in [7, 11) is 1.31. The second kappa shape index (κ2) is 9.59. The number of nitrogens with zero attached hydrogens (tertiary/aromatic N) is 2. The van der Waals surface area contributed by atoms with Crippen LogP contribution in [0.15, 0.2) is 54.6 Å². The van der Waals surface area contributed by atoms with E-state index in [1.54, 1.807) is 30.3 Å². The second-order valence-corrected chi connectivity index (χ2v) is 7.52. The number of carbonyl (C=O) groups is 2. The van der Waals surface area contributed by atoms with Gasteiger partial charge in [0.15, 0.2) is 0 Å². The van der Waals surface area contributed by atoms with Crippen molar-refractivity contribution in [2.24, 2.45) is 0 Å². The van der Waals surface area contributed by atoms with Crippen molar-refractivity contribution >= 4 is 23.5 Å². The van der Waals surface area contributed by atoms with Gasteiger partial charge < -0.3 is 10.1 Å². The third kappa shape index (κ3) is 5.27. The minimum Gasteiger partial charge on any atom is -0.469 e. The number of aromatic nitrogens is 2. The van der Waals surface area contributed by atoms with E-state index in [0.717, 1.165) is 17.0 Å². The van der Waals surface area contributed by atoms with Crippen molar-refractivity contribution < 1.29 is 14.3 Å². The Balaban J connectivity index is 1.74. The molecule has 3 aromatic rings. The molecule has 0 bridgehead atoms. The first kappa shape index (κ1) is 21.6. The molecule has 1 amide bonds. The van der Waals surface area contributed by atoms with Crippen molar-refractivity contribution in [1.29, 1.82) is 0 Å². The summed E-state index contributed by atoms with van der Waals surface area (Å²) in [6.45, 7) is 4.60. The predicted molar refractivity (Wildman–Crippen MR) is 116 cm³/mol. The molecular weight excluding hydrogens is 402 g/mol. The highest BCUT2D eigenvalue weighted by atomic mass is 35.5. The Morgan fingerprint density at radius 2 is 1.83 bits per heavy atom. The maximum atomic E-state index is 12.8. The number of nitrogens with one attached hydrogen (secondary N) is 1. The molecule has 0 radical (unpaired) electrons. The van der Waals surface area contributed by atoms with Gasteiger partial charge in [-0.15, -0.1) is 0 Å². The van der Waals surface area contributed by atoms with Gasteiger partial charge in [-0.05, 0) is 49.2 Å². The van der Waals surface area contributed by atoms with Crippen LogP contribution in [0.4, 0.5) is 0 Å². The Labute approximate surface area is 180 Å². The van der Waals surface area contributed by atoms with Crippen LogP contribution in [0.2, 0.25) is 5.02 Å². The van der Waals surface area contributed by atoms with E-state index < -0.39 is 12.0 Å². The maximum Gasteiger partial charge on any atom is 0.307 e. The predicted octanol–water partition coefficient (Wildman–Crippen LogP) is 4.24. The molecule has 1 N–H and O–H groups in total. The van der Waals surface area contributed by atoms with Gasteiger partial charge in [0.2, 0.25) is 0 Å². The number of rotatable bonds is 7. The molecule has 2 aromatic carbocycles. The molecule has 0 aliphatic rings. The first-order chi connectivity index (χ1) is 14.4. The van der Waals surface area contributed by atoms with E-state index in [1.807, 2.05) is 42.8 Å².